The van der Waals surface area contributed by atoms with Crippen molar-refractivity contribution in [1.82, 2.24) is 10.3 Å². The standard InChI is InChI=1S/C17H22N2OS/c1-12-14(11-15(20)19-17(2,3)4)21-16(18-12)10-13-8-6-5-7-9-13/h5-9H,10-11H2,1-4H3,(H,19,20). The number of nitrogens with one attached hydrogen (secondary N) is 1. The summed E-state index contributed by atoms with van der Waals surface area (Å²) in [6.07, 6.45) is 1.24. The van der Waals surface area contributed by atoms with Crippen molar-refractivity contribution < 1.29 is 4.79 Å². The van der Waals surface area contributed by atoms with Gasteiger partial charge in [-0.05, 0) is 33.3 Å². The Morgan fingerprint density at radius 1 is 1.24 bits per heavy atom. The van der Waals surface area contributed by atoms with Crippen molar-refractivity contribution in [3.05, 3.63) is 51.5 Å². The molecule has 2 rings (SSSR count). The lowest BCUT2D eigenvalue weighted by atomic mass is 10.1. The predicted octanol–water partition coefficient (Wildman–Crippen LogP) is 3.50. The van der Waals surface area contributed by atoms with Gasteiger partial charge in [-0.15, -0.1) is 11.3 Å². The Labute approximate surface area is 130 Å². The molecule has 0 aliphatic carbocycles. The molecular formula is C17H22N2OS. The van der Waals surface area contributed by atoms with Gasteiger partial charge in [-0.25, -0.2) is 4.98 Å². The van der Waals surface area contributed by atoms with E-state index in [9.17, 15) is 4.79 Å². The third-order valence-electron chi connectivity index (χ3n) is 2.97. The second kappa shape index (κ2) is 6.39. The fraction of sp³-hybridized carbons (Fsp3) is 0.412. The van der Waals surface area contributed by atoms with Gasteiger partial charge in [0.15, 0.2) is 0 Å². The van der Waals surface area contributed by atoms with Crippen molar-refractivity contribution >= 4 is 17.2 Å². The van der Waals surface area contributed by atoms with E-state index in [1.165, 1.54) is 5.56 Å². The Bertz CT molecular complexity index is 611. The highest BCUT2D eigenvalue weighted by Crippen LogP contribution is 2.21. The van der Waals surface area contributed by atoms with E-state index in [1.54, 1.807) is 11.3 Å². The van der Waals surface area contributed by atoms with Gasteiger partial charge in [-0.1, -0.05) is 30.3 Å². The van der Waals surface area contributed by atoms with Crippen LogP contribution in [-0.4, -0.2) is 16.4 Å². The highest BCUT2D eigenvalue weighted by molar-refractivity contribution is 7.11. The Kier molecular flexibility index (Phi) is 4.78. The lowest BCUT2D eigenvalue weighted by Crippen LogP contribution is -2.41. The minimum Gasteiger partial charge on any atom is -0.351 e. The summed E-state index contributed by atoms with van der Waals surface area (Å²) in [6, 6.07) is 10.3. The van der Waals surface area contributed by atoms with Gasteiger partial charge in [0.05, 0.1) is 17.1 Å². The summed E-state index contributed by atoms with van der Waals surface area (Å²) in [6.45, 7) is 7.95. The van der Waals surface area contributed by atoms with E-state index in [0.717, 1.165) is 22.0 Å². The van der Waals surface area contributed by atoms with E-state index < -0.39 is 0 Å². The molecule has 3 nitrogen and oxygen atoms in total. The number of carbonyl (C=O) groups excluding carboxylic acids is 1. The first-order valence-corrected chi connectivity index (χ1v) is 7.95. The first-order chi connectivity index (χ1) is 9.83. The highest BCUT2D eigenvalue weighted by Gasteiger charge is 2.17. The Morgan fingerprint density at radius 3 is 2.52 bits per heavy atom. The van der Waals surface area contributed by atoms with Crippen molar-refractivity contribution in [3.8, 4) is 0 Å². The molecule has 1 heterocycles. The monoisotopic (exact) mass is 302 g/mol. The van der Waals surface area contributed by atoms with E-state index in [2.05, 4.69) is 22.4 Å². The SMILES string of the molecule is Cc1nc(Cc2ccccc2)sc1CC(=O)NC(C)(C)C. The largest absolute Gasteiger partial charge is 0.351 e. The smallest absolute Gasteiger partial charge is 0.225 e. The Morgan fingerprint density at radius 2 is 1.90 bits per heavy atom. The normalized spacial score (nSPS) is 11.4. The van der Waals surface area contributed by atoms with Crippen molar-refractivity contribution in [2.24, 2.45) is 0 Å². The van der Waals surface area contributed by atoms with Crippen molar-refractivity contribution in [3.63, 3.8) is 0 Å². The van der Waals surface area contributed by atoms with Gasteiger partial charge < -0.3 is 5.32 Å². The number of hydrogen-bond acceptors (Lipinski definition) is 3. The van der Waals surface area contributed by atoms with Crippen LogP contribution in [0.2, 0.25) is 0 Å². The summed E-state index contributed by atoms with van der Waals surface area (Å²) in [7, 11) is 0. The second-order valence-electron chi connectivity index (χ2n) is 6.25. The van der Waals surface area contributed by atoms with E-state index in [1.807, 2.05) is 45.9 Å². The van der Waals surface area contributed by atoms with Gasteiger partial charge in [0.1, 0.15) is 0 Å². The lowest BCUT2D eigenvalue weighted by Gasteiger charge is -2.20. The number of aromatic nitrogens is 1. The summed E-state index contributed by atoms with van der Waals surface area (Å²) in [5.41, 5.74) is 2.02. The van der Waals surface area contributed by atoms with Gasteiger partial charge >= 0.3 is 0 Å². The highest BCUT2D eigenvalue weighted by atomic mass is 32.1. The summed E-state index contributed by atoms with van der Waals surface area (Å²) in [4.78, 5) is 17.7. The molecule has 112 valence electrons. The van der Waals surface area contributed by atoms with Crippen LogP contribution in [0.5, 0.6) is 0 Å². The molecule has 0 radical (unpaired) electrons. The maximum atomic E-state index is 12.0. The van der Waals surface area contributed by atoms with Crippen LogP contribution in [0.3, 0.4) is 0 Å². The number of hydrogen-bond donors (Lipinski definition) is 1. The molecule has 0 aliphatic heterocycles. The molecule has 0 saturated heterocycles. The first-order valence-electron chi connectivity index (χ1n) is 7.13. The molecule has 0 spiro atoms. The van der Waals surface area contributed by atoms with Crippen LogP contribution >= 0.6 is 11.3 Å². The van der Waals surface area contributed by atoms with Crippen LogP contribution in [0.25, 0.3) is 0 Å². The number of thiazole rings is 1. The van der Waals surface area contributed by atoms with E-state index in [4.69, 9.17) is 0 Å². The molecule has 1 amide bonds. The Hall–Kier alpha value is -1.68. The second-order valence-corrected chi connectivity index (χ2v) is 7.42. The zero-order chi connectivity index (χ0) is 15.5. The minimum absolute atomic E-state index is 0.0560. The molecule has 2 aromatic rings. The number of amides is 1. The minimum atomic E-state index is -0.192. The number of benzene rings is 1. The van der Waals surface area contributed by atoms with Crippen LogP contribution < -0.4 is 5.32 Å². The summed E-state index contributed by atoms with van der Waals surface area (Å²) in [5.74, 6) is 0.0560. The third-order valence-corrected chi connectivity index (χ3v) is 4.13. The van der Waals surface area contributed by atoms with E-state index in [-0.39, 0.29) is 11.4 Å². The fourth-order valence-electron chi connectivity index (χ4n) is 2.11. The van der Waals surface area contributed by atoms with Crippen LogP contribution in [-0.2, 0) is 17.6 Å². The van der Waals surface area contributed by atoms with Crippen LogP contribution in [0.15, 0.2) is 30.3 Å². The van der Waals surface area contributed by atoms with E-state index in [0.29, 0.717) is 6.42 Å². The average Bonchev–Trinajstić information content (AvgIpc) is 2.68. The summed E-state index contributed by atoms with van der Waals surface area (Å²) < 4.78 is 0. The summed E-state index contributed by atoms with van der Waals surface area (Å²) in [5, 5.41) is 4.06. The summed E-state index contributed by atoms with van der Waals surface area (Å²) >= 11 is 1.64. The number of nitrogens with zero attached hydrogens (tertiary/aromatic N) is 1. The quantitative estimate of drug-likeness (QED) is 0.939. The van der Waals surface area contributed by atoms with Crippen LogP contribution in [0, 0.1) is 6.92 Å². The third kappa shape index (κ3) is 4.97. The van der Waals surface area contributed by atoms with Crippen molar-refractivity contribution in [1.29, 1.82) is 0 Å². The zero-order valence-corrected chi connectivity index (χ0v) is 13.9. The predicted molar refractivity (Wildman–Crippen MR) is 87.7 cm³/mol. The lowest BCUT2D eigenvalue weighted by molar-refractivity contribution is -0.121. The molecule has 0 unspecified atom stereocenters. The van der Waals surface area contributed by atoms with Crippen LogP contribution in [0.1, 0.15) is 41.9 Å². The molecular weight excluding hydrogens is 280 g/mol. The topological polar surface area (TPSA) is 42.0 Å². The molecule has 4 heteroatoms. The van der Waals surface area contributed by atoms with Crippen LogP contribution in [0.4, 0.5) is 0 Å². The number of carbonyl (C=O) groups is 1. The fourth-order valence-corrected chi connectivity index (χ4v) is 3.21. The number of aryl methyl sites for hydroxylation is 1. The average molecular weight is 302 g/mol. The molecule has 0 aliphatic rings. The molecule has 1 N–H and O–H groups in total. The molecule has 0 saturated carbocycles. The first kappa shape index (κ1) is 15.7. The maximum Gasteiger partial charge on any atom is 0.225 e. The molecule has 21 heavy (non-hydrogen) atoms. The zero-order valence-electron chi connectivity index (χ0n) is 13.1. The van der Waals surface area contributed by atoms with Gasteiger partial charge in [-0.3, -0.25) is 4.79 Å². The molecule has 0 atom stereocenters. The molecule has 0 fully saturated rings. The van der Waals surface area contributed by atoms with Crippen molar-refractivity contribution in [2.45, 2.75) is 46.1 Å². The van der Waals surface area contributed by atoms with Crippen molar-refractivity contribution in [2.75, 3.05) is 0 Å². The molecule has 0 bridgehead atoms. The molecule has 1 aromatic carbocycles. The number of rotatable bonds is 4. The van der Waals surface area contributed by atoms with Gasteiger partial charge in [0.25, 0.3) is 0 Å². The van der Waals surface area contributed by atoms with Gasteiger partial charge in [-0.2, -0.15) is 0 Å². The van der Waals surface area contributed by atoms with Gasteiger partial charge in [0, 0.05) is 16.8 Å². The Balaban J connectivity index is 2.04. The van der Waals surface area contributed by atoms with E-state index >= 15 is 0 Å². The maximum absolute atomic E-state index is 12.0. The van der Waals surface area contributed by atoms with Gasteiger partial charge in [0.2, 0.25) is 5.91 Å². The molecule has 1 aromatic heterocycles.